The monoisotopic (exact) mass is 370 g/mol. The van der Waals surface area contributed by atoms with Gasteiger partial charge in [0.1, 0.15) is 19.0 Å². The number of carbonyl (C=O) groups excluding carboxylic acids is 1. The Morgan fingerprint density at radius 1 is 1.15 bits per heavy atom. The SMILES string of the molecule is COc1ccccc1CN(C)CC(=O)NCCc1ccc2c(c1)OCCO2. The molecule has 27 heavy (non-hydrogen) atoms. The second-order valence-corrected chi connectivity index (χ2v) is 6.56. The van der Waals surface area contributed by atoms with Crippen LogP contribution < -0.4 is 19.5 Å². The van der Waals surface area contributed by atoms with Crippen molar-refractivity contribution in [1.82, 2.24) is 10.2 Å². The molecule has 0 aromatic heterocycles. The van der Waals surface area contributed by atoms with Crippen LogP contribution in [0.4, 0.5) is 0 Å². The number of nitrogens with one attached hydrogen (secondary N) is 1. The number of carbonyl (C=O) groups is 1. The predicted molar refractivity (Wildman–Crippen MR) is 103 cm³/mol. The Morgan fingerprint density at radius 2 is 1.93 bits per heavy atom. The van der Waals surface area contributed by atoms with E-state index in [9.17, 15) is 4.79 Å². The first-order valence-corrected chi connectivity index (χ1v) is 9.11. The molecule has 0 saturated heterocycles. The van der Waals surface area contributed by atoms with Gasteiger partial charge in [-0.15, -0.1) is 0 Å². The number of benzene rings is 2. The lowest BCUT2D eigenvalue weighted by Crippen LogP contribution is -2.35. The number of methoxy groups -OCH3 is 1. The number of para-hydroxylation sites is 1. The average Bonchev–Trinajstić information content (AvgIpc) is 2.68. The molecule has 0 spiro atoms. The maximum Gasteiger partial charge on any atom is 0.234 e. The molecule has 0 aliphatic carbocycles. The molecule has 0 atom stereocenters. The summed E-state index contributed by atoms with van der Waals surface area (Å²) in [5.41, 5.74) is 2.17. The van der Waals surface area contributed by atoms with Crippen molar-refractivity contribution < 1.29 is 19.0 Å². The molecule has 0 saturated carbocycles. The zero-order chi connectivity index (χ0) is 19.1. The number of amides is 1. The van der Waals surface area contributed by atoms with Crippen LogP contribution in [0.3, 0.4) is 0 Å². The number of rotatable bonds is 8. The molecule has 1 aliphatic rings. The lowest BCUT2D eigenvalue weighted by molar-refractivity contribution is -0.122. The maximum atomic E-state index is 12.2. The van der Waals surface area contributed by atoms with E-state index in [-0.39, 0.29) is 5.91 Å². The van der Waals surface area contributed by atoms with E-state index in [1.165, 1.54) is 0 Å². The molecular formula is C21H26N2O4. The van der Waals surface area contributed by atoms with Crippen LogP contribution in [-0.2, 0) is 17.8 Å². The largest absolute Gasteiger partial charge is 0.496 e. The Morgan fingerprint density at radius 3 is 2.74 bits per heavy atom. The summed E-state index contributed by atoms with van der Waals surface area (Å²) in [4.78, 5) is 14.2. The lowest BCUT2D eigenvalue weighted by atomic mass is 10.1. The van der Waals surface area contributed by atoms with Crippen LogP contribution in [0.25, 0.3) is 0 Å². The topological polar surface area (TPSA) is 60.0 Å². The third-order valence-corrected chi connectivity index (χ3v) is 4.39. The second kappa shape index (κ2) is 9.28. The normalized spacial score (nSPS) is 12.7. The number of hydrogen-bond donors (Lipinski definition) is 1. The van der Waals surface area contributed by atoms with Crippen LogP contribution in [0, 0.1) is 0 Å². The van der Waals surface area contributed by atoms with Gasteiger partial charge in [0.2, 0.25) is 5.91 Å². The number of fused-ring (bicyclic) bond motifs is 1. The van der Waals surface area contributed by atoms with E-state index in [4.69, 9.17) is 14.2 Å². The molecule has 1 amide bonds. The van der Waals surface area contributed by atoms with Crippen molar-refractivity contribution in [3.63, 3.8) is 0 Å². The summed E-state index contributed by atoms with van der Waals surface area (Å²) >= 11 is 0. The van der Waals surface area contributed by atoms with Gasteiger partial charge in [-0.2, -0.15) is 0 Å². The molecule has 1 heterocycles. The van der Waals surface area contributed by atoms with Gasteiger partial charge in [-0.25, -0.2) is 0 Å². The summed E-state index contributed by atoms with van der Waals surface area (Å²) in [6.45, 7) is 2.73. The highest BCUT2D eigenvalue weighted by atomic mass is 16.6. The molecule has 2 aromatic rings. The Bertz CT molecular complexity index is 779. The van der Waals surface area contributed by atoms with E-state index in [1.54, 1.807) is 7.11 Å². The molecule has 0 unspecified atom stereocenters. The van der Waals surface area contributed by atoms with E-state index < -0.39 is 0 Å². The Hall–Kier alpha value is -2.73. The summed E-state index contributed by atoms with van der Waals surface area (Å²) in [6.07, 6.45) is 0.749. The highest BCUT2D eigenvalue weighted by Crippen LogP contribution is 2.30. The van der Waals surface area contributed by atoms with E-state index in [1.807, 2.05) is 54.4 Å². The zero-order valence-corrected chi connectivity index (χ0v) is 15.9. The molecule has 3 rings (SSSR count). The van der Waals surface area contributed by atoms with Crippen molar-refractivity contribution in [2.75, 3.05) is 40.5 Å². The Labute approximate surface area is 160 Å². The molecule has 6 nitrogen and oxygen atoms in total. The van der Waals surface area contributed by atoms with Gasteiger partial charge in [0.15, 0.2) is 11.5 Å². The number of hydrogen-bond acceptors (Lipinski definition) is 5. The van der Waals surface area contributed by atoms with Crippen LogP contribution in [0.5, 0.6) is 17.2 Å². The van der Waals surface area contributed by atoms with Gasteiger partial charge in [-0.3, -0.25) is 9.69 Å². The highest BCUT2D eigenvalue weighted by molar-refractivity contribution is 5.78. The zero-order valence-electron chi connectivity index (χ0n) is 15.9. The molecular weight excluding hydrogens is 344 g/mol. The summed E-state index contributed by atoms with van der Waals surface area (Å²) < 4.78 is 16.5. The summed E-state index contributed by atoms with van der Waals surface area (Å²) in [6, 6.07) is 13.8. The minimum Gasteiger partial charge on any atom is -0.496 e. The van der Waals surface area contributed by atoms with Gasteiger partial charge in [-0.1, -0.05) is 24.3 Å². The van der Waals surface area contributed by atoms with Crippen molar-refractivity contribution in [2.24, 2.45) is 0 Å². The quantitative estimate of drug-likeness (QED) is 0.772. The number of likely N-dealkylation sites (N-methyl/N-ethyl adjacent to an activating group) is 1. The van der Waals surface area contributed by atoms with E-state index in [2.05, 4.69) is 5.32 Å². The van der Waals surface area contributed by atoms with Crippen LogP contribution in [0.1, 0.15) is 11.1 Å². The third kappa shape index (κ3) is 5.37. The molecule has 0 bridgehead atoms. The molecule has 1 aliphatic heterocycles. The van der Waals surface area contributed by atoms with Crippen molar-refractivity contribution >= 4 is 5.91 Å². The standard InChI is InChI=1S/C21H26N2O4/c1-23(14-17-5-3-4-6-18(17)25-2)15-21(24)22-10-9-16-7-8-19-20(13-16)27-12-11-26-19/h3-8,13H,9-12,14-15H2,1-2H3,(H,22,24). The van der Waals surface area contributed by atoms with Gasteiger partial charge in [0.25, 0.3) is 0 Å². The van der Waals surface area contributed by atoms with E-state index in [0.29, 0.717) is 32.8 Å². The highest BCUT2D eigenvalue weighted by Gasteiger charge is 2.12. The summed E-state index contributed by atoms with van der Waals surface area (Å²) in [7, 11) is 3.58. The first kappa shape index (κ1) is 19.0. The second-order valence-electron chi connectivity index (χ2n) is 6.56. The van der Waals surface area contributed by atoms with Gasteiger partial charge in [0, 0.05) is 18.7 Å². The van der Waals surface area contributed by atoms with Gasteiger partial charge in [0.05, 0.1) is 13.7 Å². The summed E-state index contributed by atoms with van der Waals surface area (Å²) in [5, 5.41) is 2.97. The van der Waals surface area contributed by atoms with Crippen LogP contribution in [0.2, 0.25) is 0 Å². The van der Waals surface area contributed by atoms with Crippen molar-refractivity contribution in [2.45, 2.75) is 13.0 Å². The average molecular weight is 370 g/mol. The Balaban J connectivity index is 1.43. The van der Waals surface area contributed by atoms with Gasteiger partial charge in [-0.05, 0) is 37.2 Å². The van der Waals surface area contributed by atoms with Crippen molar-refractivity contribution in [1.29, 1.82) is 0 Å². The fourth-order valence-electron chi connectivity index (χ4n) is 3.07. The molecule has 2 aromatic carbocycles. The van der Waals surface area contributed by atoms with Crippen LogP contribution in [0.15, 0.2) is 42.5 Å². The molecule has 0 radical (unpaired) electrons. The molecule has 144 valence electrons. The smallest absolute Gasteiger partial charge is 0.234 e. The summed E-state index contributed by atoms with van der Waals surface area (Å²) in [5.74, 6) is 2.40. The lowest BCUT2D eigenvalue weighted by Gasteiger charge is -2.19. The molecule has 0 fully saturated rings. The van der Waals surface area contributed by atoms with Crippen LogP contribution in [-0.4, -0.2) is 51.3 Å². The minimum absolute atomic E-state index is 0.00458. The Kier molecular flexibility index (Phi) is 6.54. The van der Waals surface area contributed by atoms with E-state index >= 15 is 0 Å². The minimum atomic E-state index is 0.00458. The first-order valence-electron chi connectivity index (χ1n) is 9.11. The number of nitrogens with zero attached hydrogens (tertiary/aromatic N) is 1. The first-order chi connectivity index (χ1) is 13.2. The fourth-order valence-corrected chi connectivity index (χ4v) is 3.07. The van der Waals surface area contributed by atoms with Crippen molar-refractivity contribution in [3.8, 4) is 17.2 Å². The van der Waals surface area contributed by atoms with Gasteiger partial charge >= 0.3 is 0 Å². The fraction of sp³-hybridized carbons (Fsp3) is 0.381. The number of ether oxygens (including phenoxy) is 3. The molecule has 6 heteroatoms. The van der Waals surface area contributed by atoms with Gasteiger partial charge < -0.3 is 19.5 Å². The van der Waals surface area contributed by atoms with E-state index in [0.717, 1.165) is 34.8 Å². The molecule has 1 N–H and O–H groups in total. The predicted octanol–water partition coefficient (Wildman–Crippen LogP) is 2.26. The van der Waals surface area contributed by atoms with Crippen molar-refractivity contribution in [3.05, 3.63) is 53.6 Å². The maximum absolute atomic E-state index is 12.2. The van der Waals surface area contributed by atoms with Crippen LogP contribution >= 0.6 is 0 Å². The third-order valence-electron chi connectivity index (χ3n) is 4.39.